The Morgan fingerprint density at radius 1 is 0.137 bits per heavy atom. The third kappa shape index (κ3) is 9.79. The molecule has 0 aliphatic carbocycles. The SMILES string of the molecule is c1ccc(-c2ccc3ccc(-c4c5ccccc5c(-c5ccc6oc7c(-c8ccccc8)cccc7c6c5)c5ccccc45)cc3c2)cc1.c1ccc(-c2cccc3c2oc2ccc(-c4c5ccccc5c(-c5ccc(-c6ccc7ccccc7c6)c6ccccc56)c5ccccc45)cc23)cc1. The van der Waals surface area contributed by atoms with Crippen molar-refractivity contribution in [3.8, 4) is 89.0 Å². The molecule has 0 aliphatic rings. The van der Waals surface area contributed by atoms with E-state index in [0.29, 0.717) is 0 Å². The summed E-state index contributed by atoms with van der Waals surface area (Å²) >= 11 is 0. The number of hydrogen-bond acceptors (Lipinski definition) is 2. The minimum atomic E-state index is 0.898. The van der Waals surface area contributed by atoms with Crippen molar-refractivity contribution in [2.75, 3.05) is 0 Å². The van der Waals surface area contributed by atoms with E-state index in [9.17, 15) is 0 Å². The van der Waals surface area contributed by atoms with E-state index in [1.165, 1.54) is 142 Å². The van der Waals surface area contributed by atoms with Crippen LogP contribution in [0, 0.1) is 0 Å². The highest BCUT2D eigenvalue weighted by Gasteiger charge is 2.23. The van der Waals surface area contributed by atoms with Crippen molar-refractivity contribution in [2.24, 2.45) is 0 Å². The Balaban J connectivity index is 0.000000137. The summed E-state index contributed by atoms with van der Waals surface area (Å²) in [4.78, 5) is 0. The van der Waals surface area contributed by atoms with Crippen LogP contribution in [0.3, 0.4) is 0 Å². The Kier molecular flexibility index (Phi) is 14.0. The van der Waals surface area contributed by atoms with Crippen molar-refractivity contribution >= 4 is 119 Å². The Morgan fingerprint density at radius 3 is 0.941 bits per heavy atom. The van der Waals surface area contributed by atoms with Crippen LogP contribution >= 0.6 is 0 Å². The summed E-state index contributed by atoms with van der Waals surface area (Å²) in [6.07, 6.45) is 0. The van der Waals surface area contributed by atoms with Gasteiger partial charge in [0.05, 0.1) is 0 Å². The molecule has 2 heterocycles. The molecule has 0 unspecified atom stereocenters. The molecule has 0 amide bonds. The molecule has 0 N–H and O–H groups in total. The largest absolute Gasteiger partial charge is 0.455 e. The fraction of sp³-hybridized carbons (Fsp3) is 0. The van der Waals surface area contributed by atoms with Gasteiger partial charge in [-0.25, -0.2) is 0 Å². The molecule has 21 rings (SSSR count). The zero-order valence-corrected chi connectivity index (χ0v) is 55.6. The quantitative estimate of drug-likeness (QED) is 0.142. The zero-order chi connectivity index (χ0) is 67.2. The van der Waals surface area contributed by atoms with Crippen LogP contribution in [0.1, 0.15) is 0 Å². The molecule has 0 spiro atoms. The van der Waals surface area contributed by atoms with Crippen molar-refractivity contribution in [3.63, 3.8) is 0 Å². The van der Waals surface area contributed by atoms with Crippen molar-refractivity contribution in [2.45, 2.75) is 0 Å². The van der Waals surface area contributed by atoms with E-state index >= 15 is 0 Å². The molecule has 2 nitrogen and oxygen atoms in total. The van der Waals surface area contributed by atoms with E-state index < -0.39 is 0 Å². The molecule has 0 atom stereocenters. The van der Waals surface area contributed by atoms with Gasteiger partial charge >= 0.3 is 0 Å². The first-order chi connectivity index (χ1) is 50.6. The summed E-state index contributed by atoms with van der Waals surface area (Å²) in [6.45, 7) is 0. The monoisotopic (exact) mass is 1290 g/mol. The summed E-state index contributed by atoms with van der Waals surface area (Å²) in [5, 5.41) is 22.0. The Labute approximate surface area is 589 Å². The topological polar surface area (TPSA) is 26.3 Å². The number of fused-ring (bicyclic) bond motifs is 13. The molecule has 0 saturated heterocycles. The van der Waals surface area contributed by atoms with Gasteiger partial charge in [-0.2, -0.15) is 0 Å². The molecule has 102 heavy (non-hydrogen) atoms. The molecule has 0 bridgehead atoms. The smallest absolute Gasteiger partial charge is 0.143 e. The molecular formula is C100H62O2. The van der Waals surface area contributed by atoms with Gasteiger partial charge in [0.15, 0.2) is 0 Å². The summed E-state index contributed by atoms with van der Waals surface area (Å²) in [6, 6.07) is 136. The molecule has 19 aromatic carbocycles. The first-order valence-corrected chi connectivity index (χ1v) is 35.1. The lowest BCUT2D eigenvalue weighted by Gasteiger charge is -2.20. The van der Waals surface area contributed by atoms with Gasteiger partial charge in [-0.15, -0.1) is 0 Å². The summed E-state index contributed by atoms with van der Waals surface area (Å²) in [7, 11) is 0. The predicted molar refractivity (Wildman–Crippen MR) is 433 cm³/mol. The lowest BCUT2D eigenvalue weighted by molar-refractivity contribution is 0.669. The second-order valence-corrected chi connectivity index (χ2v) is 26.8. The second-order valence-electron chi connectivity index (χ2n) is 26.8. The highest BCUT2D eigenvalue weighted by Crippen LogP contribution is 2.50. The minimum absolute atomic E-state index is 0.898. The Morgan fingerprint density at radius 2 is 0.461 bits per heavy atom. The van der Waals surface area contributed by atoms with Crippen LogP contribution in [0.2, 0.25) is 0 Å². The number of furan rings is 2. The van der Waals surface area contributed by atoms with Gasteiger partial charge in [-0.3, -0.25) is 0 Å². The number of hydrogen-bond donors (Lipinski definition) is 0. The molecule has 2 heteroatoms. The van der Waals surface area contributed by atoms with Gasteiger partial charge in [-0.1, -0.05) is 334 Å². The average molecular weight is 1300 g/mol. The van der Waals surface area contributed by atoms with E-state index in [1.807, 2.05) is 0 Å². The molecule has 0 saturated carbocycles. The van der Waals surface area contributed by atoms with Crippen LogP contribution in [0.4, 0.5) is 0 Å². The van der Waals surface area contributed by atoms with E-state index in [0.717, 1.165) is 66.1 Å². The summed E-state index contributed by atoms with van der Waals surface area (Å²) < 4.78 is 13.1. The van der Waals surface area contributed by atoms with Crippen LogP contribution in [0.5, 0.6) is 0 Å². The predicted octanol–water partition coefficient (Wildman–Crippen LogP) is 28.6. The first-order valence-electron chi connectivity index (χ1n) is 35.1. The van der Waals surface area contributed by atoms with Gasteiger partial charge in [-0.05, 0) is 196 Å². The van der Waals surface area contributed by atoms with E-state index in [2.05, 4.69) is 376 Å². The van der Waals surface area contributed by atoms with Crippen LogP contribution in [-0.4, -0.2) is 0 Å². The number of para-hydroxylation sites is 2. The molecule has 474 valence electrons. The minimum Gasteiger partial charge on any atom is -0.455 e. The number of benzene rings is 19. The zero-order valence-electron chi connectivity index (χ0n) is 55.6. The van der Waals surface area contributed by atoms with Gasteiger partial charge in [0.2, 0.25) is 0 Å². The van der Waals surface area contributed by atoms with Crippen molar-refractivity contribution < 1.29 is 8.83 Å². The van der Waals surface area contributed by atoms with E-state index in [-0.39, 0.29) is 0 Å². The highest BCUT2D eigenvalue weighted by atomic mass is 16.3. The van der Waals surface area contributed by atoms with Crippen LogP contribution in [-0.2, 0) is 0 Å². The maximum Gasteiger partial charge on any atom is 0.143 e. The van der Waals surface area contributed by atoms with Crippen LogP contribution in [0.25, 0.3) is 208 Å². The van der Waals surface area contributed by atoms with Crippen molar-refractivity contribution in [3.05, 3.63) is 376 Å². The molecule has 0 fully saturated rings. The molecule has 2 aromatic heterocycles. The van der Waals surface area contributed by atoms with Gasteiger partial charge in [0.25, 0.3) is 0 Å². The lowest BCUT2D eigenvalue weighted by atomic mass is 9.83. The average Bonchev–Trinajstić information content (AvgIpc) is 0.888. The first kappa shape index (κ1) is 58.7. The molecule has 21 aromatic rings. The maximum absolute atomic E-state index is 6.58. The van der Waals surface area contributed by atoms with E-state index in [1.54, 1.807) is 0 Å². The normalized spacial score (nSPS) is 11.7. The molecule has 0 aliphatic heterocycles. The van der Waals surface area contributed by atoms with Crippen LogP contribution < -0.4 is 0 Å². The highest BCUT2D eigenvalue weighted by molar-refractivity contribution is 6.26. The van der Waals surface area contributed by atoms with Gasteiger partial charge in [0, 0.05) is 32.7 Å². The number of rotatable bonds is 8. The third-order valence-corrected chi connectivity index (χ3v) is 21.1. The lowest BCUT2D eigenvalue weighted by Crippen LogP contribution is -1.92. The van der Waals surface area contributed by atoms with Gasteiger partial charge in [0.1, 0.15) is 22.3 Å². The standard InChI is InChI=1S/C52H32O.C48H30O/c1-2-14-34(15-3-1)39-23-12-24-47-48-32-37(27-30-49(48)53-52(39)47)50-42-19-8-10-21-44(42)51(45-22-11-9-20-43(45)50)46-29-28-38(40-17-6-7-18-41(40)46)36-26-25-33-13-4-5-16-35(33)31-36;1-3-12-31(13-4-1)34-24-22-32-23-25-35(29-37(32)28-34)46-39-16-7-9-18-41(39)47(42-19-10-8-17-40(42)46)36-26-27-45-44(30-36)43-21-11-20-38(48(43)49-45)33-14-5-2-6-15-33/h1-32H;1-30H. The van der Waals surface area contributed by atoms with Gasteiger partial charge < -0.3 is 8.83 Å². The third-order valence-electron chi connectivity index (χ3n) is 21.1. The Bertz CT molecular complexity index is 6800. The summed E-state index contributed by atoms with van der Waals surface area (Å²) in [5.41, 5.74) is 23.0. The van der Waals surface area contributed by atoms with Crippen LogP contribution in [0.15, 0.2) is 385 Å². The fourth-order valence-corrected chi connectivity index (χ4v) is 16.4. The fourth-order valence-electron chi connectivity index (χ4n) is 16.4. The molecular weight excluding hydrogens is 1230 g/mol. The Hall–Kier alpha value is -13.4. The van der Waals surface area contributed by atoms with Crippen molar-refractivity contribution in [1.29, 1.82) is 0 Å². The molecule has 0 radical (unpaired) electrons. The summed E-state index contributed by atoms with van der Waals surface area (Å²) in [5.74, 6) is 0. The van der Waals surface area contributed by atoms with Crippen molar-refractivity contribution in [1.82, 2.24) is 0 Å². The van der Waals surface area contributed by atoms with E-state index in [4.69, 9.17) is 8.83 Å². The second kappa shape index (κ2) is 24.2. The maximum atomic E-state index is 6.58.